The van der Waals surface area contributed by atoms with Crippen LogP contribution in [0.3, 0.4) is 0 Å². The van der Waals surface area contributed by atoms with Crippen molar-refractivity contribution in [3.63, 3.8) is 0 Å². The zero-order valence-corrected chi connectivity index (χ0v) is 17.6. The summed E-state index contributed by atoms with van der Waals surface area (Å²) in [4.78, 5) is 2.14. The second-order valence-corrected chi connectivity index (χ2v) is 8.24. The molecule has 0 unspecified atom stereocenters. The molecule has 0 bridgehead atoms. The van der Waals surface area contributed by atoms with Crippen LogP contribution in [0.4, 0.5) is 18.9 Å². The van der Waals surface area contributed by atoms with Gasteiger partial charge in [-0.2, -0.15) is 13.2 Å². The summed E-state index contributed by atoms with van der Waals surface area (Å²) in [6, 6.07) is 13.7. The smallest absolute Gasteiger partial charge is 0.350 e. The molecule has 0 radical (unpaired) electrons. The van der Waals surface area contributed by atoms with Gasteiger partial charge in [-0.25, -0.2) is 0 Å². The molecule has 1 aromatic heterocycles. The molecule has 4 rings (SSSR count). The maximum absolute atomic E-state index is 13.1. The molecule has 0 spiro atoms. The Morgan fingerprint density at radius 2 is 1.87 bits per heavy atom. The molecule has 0 amide bonds. The Morgan fingerprint density at radius 1 is 1.13 bits per heavy atom. The Hall–Kier alpha value is -2.54. The van der Waals surface area contributed by atoms with Crippen LogP contribution in [-0.2, 0) is 19.8 Å². The first-order chi connectivity index (χ1) is 14.3. The summed E-state index contributed by atoms with van der Waals surface area (Å²) in [7, 11) is 2.02. The number of thiocarbonyl (C=S) groups is 1. The Kier molecular flexibility index (Phi) is 5.73. The van der Waals surface area contributed by atoms with Gasteiger partial charge >= 0.3 is 6.18 Å². The molecule has 1 N–H and O–H groups in total. The van der Waals surface area contributed by atoms with Gasteiger partial charge < -0.3 is 14.8 Å². The molecule has 30 heavy (non-hydrogen) atoms. The van der Waals surface area contributed by atoms with Crippen LogP contribution in [0, 0.1) is 0 Å². The topological polar surface area (TPSA) is 20.2 Å². The largest absolute Gasteiger partial charge is 0.416 e. The van der Waals surface area contributed by atoms with Crippen LogP contribution >= 0.6 is 12.2 Å². The summed E-state index contributed by atoms with van der Waals surface area (Å²) in [5, 5.41) is 4.70. The molecular formula is C23H24F3N3S. The standard InChI is InChI=1S/C23H24F3N3S/c1-28-14-16(20-11-4-5-12-21(20)28)15-29(19-9-2-3-10-19)22(30)27-18-8-6-7-17(13-18)23(24,25)26/h4-8,11-14,19H,2-3,9-10,15H2,1H3,(H,27,30). The van der Waals surface area contributed by atoms with Crippen molar-refractivity contribution in [3.05, 3.63) is 65.9 Å². The lowest BCUT2D eigenvalue weighted by atomic mass is 10.1. The Bertz CT molecular complexity index is 1050. The van der Waals surface area contributed by atoms with E-state index in [1.807, 2.05) is 19.2 Å². The number of fused-ring (bicyclic) bond motifs is 1. The second kappa shape index (κ2) is 8.30. The number of benzene rings is 2. The molecule has 3 aromatic rings. The van der Waals surface area contributed by atoms with Gasteiger partial charge in [0, 0.05) is 42.4 Å². The van der Waals surface area contributed by atoms with Gasteiger partial charge in [-0.05, 0) is 54.9 Å². The van der Waals surface area contributed by atoms with Crippen LogP contribution in [0.15, 0.2) is 54.7 Å². The molecule has 1 fully saturated rings. The number of aromatic nitrogens is 1. The van der Waals surface area contributed by atoms with Gasteiger partial charge in [0.2, 0.25) is 0 Å². The van der Waals surface area contributed by atoms with Crippen molar-refractivity contribution in [3.8, 4) is 0 Å². The minimum Gasteiger partial charge on any atom is -0.350 e. The molecule has 2 aromatic carbocycles. The molecule has 158 valence electrons. The summed E-state index contributed by atoms with van der Waals surface area (Å²) >= 11 is 5.69. The average molecular weight is 432 g/mol. The van der Waals surface area contributed by atoms with Crippen molar-refractivity contribution < 1.29 is 13.2 Å². The van der Waals surface area contributed by atoms with Crippen molar-refractivity contribution in [2.45, 2.75) is 44.4 Å². The van der Waals surface area contributed by atoms with Crippen LogP contribution in [-0.4, -0.2) is 20.6 Å². The fourth-order valence-electron chi connectivity index (χ4n) is 4.29. The van der Waals surface area contributed by atoms with Gasteiger partial charge in [0.05, 0.1) is 5.56 Å². The van der Waals surface area contributed by atoms with Crippen molar-refractivity contribution >= 4 is 33.9 Å². The quantitative estimate of drug-likeness (QED) is 0.487. The zero-order valence-electron chi connectivity index (χ0n) is 16.7. The first-order valence-corrected chi connectivity index (χ1v) is 10.5. The van der Waals surface area contributed by atoms with E-state index >= 15 is 0 Å². The zero-order chi connectivity index (χ0) is 21.3. The van der Waals surface area contributed by atoms with Gasteiger partial charge in [0.1, 0.15) is 0 Å². The van der Waals surface area contributed by atoms with Gasteiger partial charge in [0.25, 0.3) is 0 Å². The van der Waals surface area contributed by atoms with E-state index in [-0.39, 0.29) is 6.04 Å². The van der Waals surface area contributed by atoms with E-state index in [4.69, 9.17) is 12.2 Å². The number of aryl methyl sites for hydroxylation is 1. The van der Waals surface area contributed by atoms with Gasteiger partial charge in [-0.1, -0.05) is 37.1 Å². The van der Waals surface area contributed by atoms with E-state index in [0.717, 1.165) is 48.9 Å². The first kappa shape index (κ1) is 20.7. The van der Waals surface area contributed by atoms with Crippen molar-refractivity contribution in [2.24, 2.45) is 7.05 Å². The highest BCUT2D eigenvalue weighted by atomic mass is 32.1. The molecule has 0 saturated heterocycles. The highest BCUT2D eigenvalue weighted by molar-refractivity contribution is 7.80. The van der Waals surface area contributed by atoms with E-state index in [2.05, 4.69) is 33.1 Å². The van der Waals surface area contributed by atoms with Crippen molar-refractivity contribution in [2.75, 3.05) is 5.32 Å². The number of alkyl halides is 3. The third-order valence-corrected chi connectivity index (χ3v) is 6.12. The SMILES string of the molecule is Cn1cc(CN(C(=S)Nc2cccc(C(F)(F)F)c2)C2CCCC2)c2ccccc21. The van der Waals surface area contributed by atoms with Gasteiger partial charge in [0.15, 0.2) is 5.11 Å². The number of nitrogens with one attached hydrogen (secondary N) is 1. The van der Waals surface area contributed by atoms with Crippen molar-refractivity contribution in [1.82, 2.24) is 9.47 Å². The monoisotopic (exact) mass is 431 g/mol. The van der Waals surface area contributed by atoms with E-state index in [1.165, 1.54) is 11.5 Å². The summed E-state index contributed by atoms with van der Waals surface area (Å²) < 4.78 is 41.3. The van der Waals surface area contributed by atoms with Gasteiger partial charge in [-0.15, -0.1) is 0 Å². The molecule has 1 heterocycles. The normalized spacial score (nSPS) is 14.9. The minimum atomic E-state index is -4.38. The number of hydrogen-bond donors (Lipinski definition) is 1. The second-order valence-electron chi connectivity index (χ2n) is 7.86. The van der Waals surface area contributed by atoms with Crippen LogP contribution in [0.2, 0.25) is 0 Å². The lowest BCUT2D eigenvalue weighted by Crippen LogP contribution is -2.41. The van der Waals surface area contributed by atoms with Crippen LogP contribution in [0.25, 0.3) is 10.9 Å². The first-order valence-electron chi connectivity index (χ1n) is 10.1. The Labute approximate surface area is 179 Å². The molecule has 1 aliphatic rings. The maximum atomic E-state index is 13.1. The number of hydrogen-bond acceptors (Lipinski definition) is 1. The van der Waals surface area contributed by atoms with Crippen LogP contribution < -0.4 is 5.32 Å². The van der Waals surface area contributed by atoms with E-state index in [1.54, 1.807) is 6.07 Å². The molecule has 7 heteroatoms. The lowest BCUT2D eigenvalue weighted by Gasteiger charge is -2.32. The summed E-state index contributed by atoms with van der Waals surface area (Å²) in [6.07, 6.45) is 2.09. The third-order valence-electron chi connectivity index (χ3n) is 5.79. The van der Waals surface area contributed by atoms with E-state index in [0.29, 0.717) is 17.3 Å². The predicted molar refractivity (Wildman–Crippen MR) is 118 cm³/mol. The fraction of sp³-hybridized carbons (Fsp3) is 0.348. The summed E-state index contributed by atoms with van der Waals surface area (Å²) in [6.45, 7) is 0.622. The maximum Gasteiger partial charge on any atom is 0.416 e. The van der Waals surface area contributed by atoms with Crippen LogP contribution in [0.1, 0.15) is 36.8 Å². The Morgan fingerprint density at radius 3 is 2.60 bits per heavy atom. The summed E-state index contributed by atoms with van der Waals surface area (Å²) in [5.74, 6) is 0. The lowest BCUT2D eigenvalue weighted by molar-refractivity contribution is -0.137. The minimum absolute atomic E-state index is 0.287. The van der Waals surface area contributed by atoms with E-state index in [9.17, 15) is 13.2 Å². The van der Waals surface area contributed by atoms with E-state index < -0.39 is 11.7 Å². The molecule has 0 aliphatic heterocycles. The third kappa shape index (κ3) is 4.31. The Balaban J connectivity index is 1.60. The van der Waals surface area contributed by atoms with Crippen molar-refractivity contribution in [1.29, 1.82) is 0 Å². The molecule has 3 nitrogen and oxygen atoms in total. The highest BCUT2D eigenvalue weighted by Crippen LogP contribution is 2.32. The number of para-hydroxylation sites is 1. The highest BCUT2D eigenvalue weighted by Gasteiger charge is 2.31. The molecule has 0 atom stereocenters. The van der Waals surface area contributed by atoms with Crippen LogP contribution in [0.5, 0.6) is 0 Å². The number of anilines is 1. The fourth-order valence-corrected chi connectivity index (χ4v) is 4.62. The predicted octanol–water partition coefficient (Wildman–Crippen LogP) is 6.34. The van der Waals surface area contributed by atoms with Gasteiger partial charge in [-0.3, -0.25) is 0 Å². The molecule has 1 aliphatic carbocycles. The number of nitrogens with zero attached hydrogens (tertiary/aromatic N) is 2. The number of halogens is 3. The number of rotatable bonds is 4. The molecule has 1 saturated carbocycles. The summed E-state index contributed by atoms with van der Waals surface area (Å²) in [5.41, 5.74) is 1.98. The molecular weight excluding hydrogens is 407 g/mol. The average Bonchev–Trinajstić information content (AvgIpc) is 3.34.